The van der Waals surface area contributed by atoms with E-state index in [9.17, 15) is 4.79 Å². The number of nitrogens with two attached hydrogens (primary N) is 1. The molecule has 0 aromatic heterocycles. The third-order valence-corrected chi connectivity index (χ3v) is 1.73. The predicted molar refractivity (Wildman–Crippen MR) is 50.5 cm³/mol. The van der Waals surface area contributed by atoms with Gasteiger partial charge in [-0.2, -0.15) is 0 Å². The molecule has 0 heterocycles. The van der Waals surface area contributed by atoms with Crippen LogP contribution in [-0.2, 0) is 11.2 Å². The Morgan fingerprint density at radius 3 is 2.69 bits per heavy atom. The highest BCUT2D eigenvalue weighted by Gasteiger charge is 2.11. The number of rotatable bonds is 3. The first-order valence-electron chi connectivity index (χ1n) is 5.38. The summed E-state index contributed by atoms with van der Waals surface area (Å²) in [7, 11) is 0. The van der Waals surface area contributed by atoms with Crippen molar-refractivity contribution < 1.29 is 14.0 Å². The van der Waals surface area contributed by atoms with Gasteiger partial charge in [-0.25, -0.2) is 0 Å². The molecule has 0 spiro atoms. The lowest BCUT2D eigenvalue weighted by atomic mass is 10.1. The van der Waals surface area contributed by atoms with Crippen LogP contribution >= 0.6 is 0 Å². The van der Waals surface area contributed by atoms with Gasteiger partial charge in [-0.05, 0) is 18.8 Å². The third kappa shape index (κ3) is 2.87. The Bertz CT molecular complexity index is 373. The van der Waals surface area contributed by atoms with Gasteiger partial charge in [0.15, 0.2) is 0 Å². The van der Waals surface area contributed by atoms with Crippen LogP contribution in [0.4, 0.5) is 0 Å². The van der Waals surface area contributed by atoms with E-state index in [-0.39, 0.29) is 12.0 Å². The normalized spacial score (nSPS) is 16.8. The molecule has 3 nitrogen and oxygen atoms in total. The van der Waals surface area contributed by atoms with E-state index in [2.05, 4.69) is 0 Å². The summed E-state index contributed by atoms with van der Waals surface area (Å²) in [5.41, 5.74) is 6.31. The van der Waals surface area contributed by atoms with Gasteiger partial charge in [0.05, 0.1) is 0 Å². The summed E-state index contributed by atoms with van der Waals surface area (Å²) in [5, 5.41) is 8.61. The molecule has 0 fully saturated rings. The first-order chi connectivity index (χ1) is 7.30. The fourth-order valence-electron chi connectivity index (χ4n) is 0.982. The summed E-state index contributed by atoms with van der Waals surface area (Å²) in [6.07, 6.45) is 0.191. The number of hydrogen-bond acceptors (Lipinski definition) is 2. The number of carbonyl (C=O) groups is 1. The summed E-state index contributed by atoms with van der Waals surface area (Å²) < 4.78 is 21.5. The second kappa shape index (κ2) is 4.05. The molecule has 3 N–H and O–H groups in total. The molecule has 1 aromatic carbocycles. The van der Waals surface area contributed by atoms with Crippen molar-refractivity contribution in [2.75, 3.05) is 0 Å². The molecule has 1 atom stereocenters. The average Bonchev–Trinajstić information content (AvgIpc) is 2.17. The Hall–Kier alpha value is -1.35. The summed E-state index contributed by atoms with van der Waals surface area (Å²) in [6, 6.07) is 5.15. The van der Waals surface area contributed by atoms with E-state index in [4.69, 9.17) is 15.0 Å². The minimum atomic E-state index is -2.13. The molecule has 0 unspecified atom stereocenters. The Labute approximate surface area is 81.4 Å². The lowest BCUT2D eigenvalue weighted by Crippen LogP contribution is -2.32. The molecule has 0 aliphatic carbocycles. The molecule has 3 heteroatoms. The highest BCUT2D eigenvalue weighted by Crippen LogP contribution is 2.05. The molecule has 1 aromatic rings. The average molecular weight is 182 g/mol. The Morgan fingerprint density at radius 1 is 1.62 bits per heavy atom. The van der Waals surface area contributed by atoms with Gasteiger partial charge in [0, 0.05) is 4.11 Å². The molecule has 1 rings (SSSR count). The first-order valence-corrected chi connectivity index (χ1v) is 3.88. The standard InChI is InChI=1S/C10H13NO2/c1-7-2-4-8(5-3-7)6-9(11)10(12)13/h2-5,9H,6,11H2,1H3,(H,12,13)/t9-/m0/s1/i1D3. The van der Waals surface area contributed by atoms with Crippen molar-refractivity contribution in [2.45, 2.75) is 19.3 Å². The molecule has 0 saturated heterocycles. The van der Waals surface area contributed by atoms with E-state index in [0.29, 0.717) is 5.56 Å². The number of carboxylic acid groups (broad SMARTS) is 1. The Morgan fingerprint density at radius 2 is 2.23 bits per heavy atom. The van der Waals surface area contributed by atoms with Gasteiger partial charge < -0.3 is 10.8 Å². The highest BCUT2D eigenvalue weighted by molar-refractivity contribution is 5.73. The smallest absolute Gasteiger partial charge is 0.320 e. The quantitative estimate of drug-likeness (QED) is 0.731. The van der Waals surface area contributed by atoms with Crippen LogP contribution in [0.5, 0.6) is 0 Å². The van der Waals surface area contributed by atoms with Crippen molar-refractivity contribution in [3.8, 4) is 0 Å². The lowest BCUT2D eigenvalue weighted by molar-refractivity contribution is -0.138. The zero-order chi connectivity index (χ0) is 12.3. The maximum atomic E-state index is 10.5. The second-order valence-corrected chi connectivity index (χ2v) is 2.85. The monoisotopic (exact) mass is 182 g/mol. The van der Waals surface area contributed by atoms with E-state index in [1.165, 1.54) is 12.1 Å². The fourth-order valence-corrected chi connectivity index (χ4v) is 0.982. The number of carboxylic acids is 1. The minimum absolute atomic E-state index is 0.191. The van der Waals surface area contributed by atoms with Gasteiger partial charge in [-0.1, -0.05) is 29.8 Å². The number of benzene rings is 1. The largest absolute Gasteiger partial charge is 0.480 e. The first kappa shape index (κ1) is 6.16. The lowest BCUT2D eigenvalue weighted by Gasteiger charge is -2.05. The van der Waals surface area contributed by atoms with Gasteiger partial charge in [-0.3, -0.25) is 4.79 Å². The van der Waals surface area contributed by atoms with Crippen LogP contribution in [0.15, 0.2) is 24.3 Å². The minimum Gasteiger partial charge on any atom is -0.480 e. The maximum Gasteiger partial charge on any atom is 0.320 e. The van der Waals surface area contributed by atoms with E-state index < -0.39 is 18.9 Å². The van der Waals surface area contributed by atoms with Gasteiger partial charge >= 0.3 is 5.97 Å². The van der Waals surface area contributed by atoms with Crippen molar-refractivity contribution in [1.29, 1.82) is 0 Å². The highest BCUT2D eigenvalue weighted by atomic mass is 16.4. The van der Waals surface area contributed by atoms with E-state index in [1.807, 2.05) is 0 Å². The molecular formula is C10H13NO2. The van der Waals surface area contributed by atoms with Crippen molar-refractivity contribution in [3.63, 3.8) is 0 Å². The van der Waals surface area contributed by atoms with Crippen molar-refractivity contribution in [1.82, 2.24) is 0 Å². The van der Waals surface area contributed by atoms with E-state index in [1.54, 1.807) is 12.1 Å². The second-order valence-electron chi connectivity index (χ2n) is 2.85. The Kier molecular flexibility index (Phi) is 1.92. The van der Waals surface area contributed by atoms with Crippen molar-refractivity contribution >= 4 is 5.97 Å². The van der Waals surface area contributed by atoms with E-state index >= 15 is 0 Å². The van der Waals surface area contributed by atoms with Gasteiger partial charge in [0.2, 0.25) is 0 Å². The predicted octanol–water partition coefficient (Wildman–Crippen LogP) is 0.949. The third-order valence-electron chi connectivity index (χ3n) is 1.73. The van der Waals surface area contributed by atoms with Crippen molar-refractivity contribution in [3.05, 3.63) is 35.4 Å². The van der Waals surface area contributed by atoms with Crippen LogP contribution in [0.2, 0.25) is 0 Å². The van der Waals surface area contributed by atoms with Gasteiger partial charge in [-0.15, -0.1) is 0 Å². The topological polar surface area (TPSA) is 63.3 Å². The van der Waals surface area contributed by atoms with Crippen LogP contribution < -0.4 is 5.73 Å². The summed E-state index contributed by atoms with van der Waals surface area (Å²) in [4.78, 5) is 10.5. The summed E-state index contributed by atoms with van der Waals surface area (Å²) >= 11 is 0. The number of aliphatic carboxylic acids is 1. The SMILES string of the molecule is [2H]C([2H])([2H])c1ccc(C[C@H](N)C(=O)O)cc1. The van der Waals surface area contributed by atoms with Gasteiger partial charge in [0.1, 0.15) is 6.04 Å². The van der Waals surface area contributed by atoms with Crippen LogP contribution in [0.25, 0.3) is 0 Å². The molecular weight excluding hydrogens is 166 g/mol. The molecule has 0 amide bonds. The van der Waals surface area contributed by atoms with Gasteiger partial charge in [0.25, 0.3) is 0 Å². The molecule has 0 saturated carbocycles. The molecule has 0 bridgehead atoms. The maximum absolute atomic E-state index is 10.5. The molecule has 0 aliphatic heterocycles. The van der Waals surface area contributed by atoms with Crippen LogP contribution in [0, 0.1) is 6.85 Å². The molecule has 70 valence electrons. The number of hydrogen-bond donors (Lipinski definition) is 2. The fraction of sp³-hybridized carbons (Fsp3) is 0.300. The zero-order valence-corrected chi connectivity index (χ0v) is 7.03. The van der Waals surface area contributed by atoms with Crippen LogP contribution in [-0.4, -0.2) is 17.1 Å². The summed E-state index contributed by atoms with van der Waals surface area (Å²) in [6.45, 7) is -2.13. The zero-order valence-electron chi connectivity index (χ0n) is 10.0. The van der Waals surface area contributed by atoms with Crippen molar-refractivity contribution in [2.24, 2.45) is 5.73 Å². The number of aryl methyl sites for hydroxylation is 1. The summed E-state index contributed by atoms with van der Waals surface area (Å²) in [5.74, 6) is -1.07. The molecule has 0 aliphatic rings. The van der Waals surface area contributed by atoms with Crippen LogP contribution in [0.1, 0.15) is 15.2 Å². The van der Waals surface area contributed by atoms with Crippen LogP contribution in [0.3, 0.4) is 0 Å². The Balaban J connectivity index is 2.76. The molecule has 13 heavy (non-hydrogen) atoms. The van der Waals surface area contributed by atoms with E-state index in [0.717, 1.165) is 0 Å². The molecule has 0 radical (unpaired) electrons.